The van der Waals surface area contributed by atoms with Crippen LogP contribution in [0.25, 0.3) is 0 Å². The molecule has 1 aromatic carbocycles. The van der Waals surface area contributed by atoms with Crippen LogP contribution in [0.3, 0.4) is 0 Å². The van der Waals surface area contributed by atoms with Crippen molar-refractivity contribution in [3.8, 4) is 6.07 Å². The summed E-state index contributed by atoms with van der Waals surface area (Å²) in [4.78, 5) is 26.2. The van der Waals surface area contributed by atoms with E-state index in [1.807, 2.05) is 6.07 Å². The van der Waals surface area contributed by atoms with E-state index in [1.54, 1.807) is 23.1 Å². The minimum atomic E-state index is -0.916. The van der Waals surface area contributed by atoms with E-state index in [-0.39, 0.29) is 18.4 Å². The van der Waals surface area contributed by atoms with Crippen molar-refractivity contribution in [1.29, 1.82) is 5.26 Å². The molecule has 1 saturated heterocycles. The van der Waals surface area contributed by atoms with Gasteiger partial charge >= 0.3 is 5.97 Å². The molecule has 0 aromatic heterocycles. The van der Waals surface area contributed by atoms with Crippen LogP contribution < -0.4 is 0 Å². The van der Waals surface area contributed by atoms with Crippen molar-refractivity contribution in [3.05, 3.63) is 35.4 Å². The average Bonchev–Trinajstić information content (AvgIpc) is 2.94. The number of carbonyl (C=O) groups is 2. The van der Waals surface area contributed by atoms with Gasteiger partial charge in [0.25, 0.3) is 5.91 Å². The van der Waals surface area contributed by atoms with E-state index in [0.29, 0.717) is 17.9 Å². The third-order valence-corrected chi connectivity index (χ3v) is 5.06. The number of carboxylic acid groups (broad SMARTS) is 1. The summed E-state index contributed by atoms with van der Waals surface area (Å²) in [6.07, 6.45) is 4.86. The SMILES string of the molecule is N#CCc1cccc(C(=O)N2[C@@H]3CCCC[C@H]3C[C@H]2C(=O)O)c1. The summed E-state index contributed by atoms with van der Waals surface area (Å²) < 4.78 is 0. The maximum absolute atomic E-state index is 13.0. The van der Waals surface area contributed by atoms with Gasteiger partial charge in [0.05, 0.1) is 12.5 Å². The molecule has 0 bridgehead atoms. The van der Waals surface area contributed by atoms with Crippen LogP contribution >= 0.6 is 0 Å². The molecule has 1 aliphatic heterocycles. The number of amides is 1. The Hall–Kier alpha value is -2.35. The quantitative estimate of drug-likeness (QED) is 0.930. The largest absolute Gasteiger partial charge is 0.480 e. The first-order valence-electron chi connectivity index (χ1n) is 8.13. The molecule has 1 aliphatic carbocycles. The zero-order valence-electron chi connectivity index (χ0n) is 12.9. The highest BCUT2D eigenvalue weighted by Gasteiger charge is 2.47. The van der Waals surface area contributed by atoms with Gasteiger partial charge in [-0.3, -0.25) is 4.79 Å². The fourth-order valence-corrected chi connectivity index (χ4v) is 4.03. The van der Waals surface area contributed by atoms with E-state index >= 15 is 0 Å². The second kappa shape index (κ2) is 6.41. The van der Waals surface area contributed by atoms with E-state index < -0.39 is 12.0 Å². The average molecular weight is 312 g/mol. The summed E-state index contributed by atoms with van der Waals surface area (Å²) in [6, 6.07) is 8.36. The number of nitriles is 1. The number of nitrogens with zero attached hydrogens (tertiary/aromatic N) is 2. The van der Waals surface area contributed by atoms with Crippen LogP contribution in [0.15, 0.2) is 24.3 Å². The monoisotopic (exact) mass is 312 g/mol. The Morgan fingerprint density at radius 3 is 2.83 bits per heavy atom. The fraction of sp³-hybridized carbons (Fsp3) is 0.500. The fourth-order valence-electron chi connectivity index (χ4n) is 4.03. The highest BCUT2D eigenvalue weighted by molar-refractivity contribution is 5.97. The third-order valence-electron chi connectivity index (χ3n) is 5.06. The van der Waals surface area contributed by atoms with Gasteiger partial charge in [-0.05, 0) is 42.9 Å². The molecule has 1 N–H and O–H groups in total. The maximum atomic E-state index is 13.0. The molecule has 0 unspecified atom stereocenters. The summed E-state index contributed by atoms with van der Waals surface area (Å²) in [5.74, 6) is -0.830. The number of hydrogen-bond donors (Lipinski definition) is 1. The topological polar surface area (TPSA) is 81.4 Å². The number of hydrogen-bond acceptors (Lipinski definition) is 3. The molecule has 120 valence electrons. The van der Waals surface area contributed by atoms with Crippen molar-refractivity contribution in [1.82, 2.24) is 4.90 Å². The summed E-state index contributed by atoms with van der Waals surface area (Å²) in [5, 5.41) is 18.3. The van der Waals surface area contributed by atoms with Gasteiger partial charge in [0.2, 0.25) is 0 Å². The molecule has 2 aliphatic rings. The molecular weight excluding hydrogens is 292 g/mol. The Morgan fingerprint density at radius 2 is 2.09 bits per heavy atom. The van der Waals surface area contributed by atoms with Gasteiger partial charge in [-0.15, -0.1) is 0 Å². The van der Waals surface area contributed by atoms with Gasteiger partial charge in [0, 0.05) is 11.6 Å². The van der Waals surface area contributed by atoms with Crippen molar-refractivity contribution in [2.45, 2.75) is 50.6 Å². The molecule has 0 spiro atoms. The summed E-state index contributed by atoms with van der Waals surface area (Å²) in [5.41, 5.74) is 1.26. The number of likely N-dealkylation sites (tertiary alicyclic amines) is 1. The lowest BCUT2D eigenvalue weighted by molar-refractivity contribution is -0.141. The highest BCUT2D eigenvalue weighted by atomic mass is 16.4. The van der Waals surface area contributed by atoms with Gasteiger partial charge in [-0.1, -0.05) is 25.0 Å². The maximum Gasteiger partial charge on any atom is 0.326 e. The Bertz CT molecular complexity index is 664. The lowest BCUT2D eigenvalue weighted by Gasteiger charge is -2.33. The predicted octanol–water partition coefficient (Wildman–Crippen LogP) is 2.61. The number of aliphatic carboxylic acids is 1. The Labute approximate surface area is 135 Å². The van der Waals surface area contributed by atoms with Crippen molar-refractivity contribution >= 4 is 11.9 Å². The molecule has 3 rings (SSSR count). The lowest BCUT2D eigenvalue weighted by Crippen LogP contribution is -2.46. The second-order valence-electron chi connectivity index (χ2n) is 6.45. The van der Waals surface area contributed by atoms with Crippen LogP contribution in [-0.2, 0) is 11.2 Å². The zero-order valence-corrected chi connectivity index (χ0v) is 12.9. The predicted molar refractivity (Wildman–Crippen MR) is 83.7 cm³/mol. The Balaban J connectivity index is 1.90. The van der Waals surface area contributed by atoms with Gasteiger partial charge < -0.3 is 10.0 Å². The zero-order chi connectivity index (χ0) is 16.4. The smallest absolute Gasteiger partial charge is 0.326 e. The molecule has 1 heterocycles. The molecule has 5 heteroatoms. The normalized spacial score (nSPS) is 26.4. The van der Waals surface area contributed by atoms with Gasteiger partial charge in [0.1, 0.15) is 6.04 Å². The van der Waals surface area contributed by atoms with Gasteiger partial charge in [-0.2, -0.15) is 5.26 Å². The van der Waals surface area contributed by atoms with E-state index in [2.05, 4.69) is 6.07 Å². The van der Waals surface area contributed by atoms with Crippen LogP contribution in [0, 0.1) is 17.2 Å². The van der Waals surface area contributed by atoms with Crippen LogP contribution in [0.4, 0.5) is 0 Å². The molecule has 1 saturated carbocycles. The molecule has 2 fully saturated rings. The van der Waals surface area contributed by atoms with E-state index in [0.717, 1.165) is 31.2 Å². The van der Waals surface area contributed by atoms with E-state index in [9.17, 15) is 14.7 Å². The second-order valence-corrected chi connectivity index (χ2v) is 6.45. The van der Waals surface area contributed by atoms with Crippen molar-refractivity contribution in [2.24, 2.45) is 5.92 Å². The molecule has 23 heavy (non-hydrogen) atoms. The number of carbonyl (C=O) groups excluding carboxylic acids is 1. The molecule has 5 nitrogen and oxygen atoms in total. The first kappa shape index (κ1) is 15.5. The Kier molecular flexibility index (Phi) is 4.33. The van der Waals surface area contributed by atoms with Gasteiger partial charge in [0.15, 0.2) is 0 Å². The van der Waals surface area contributed by atoms with Crippen molar-refractivity contribution < 1.29 is 14.7 Å². The third kappa shape index (κ3) is 2.94. The Morgan fingerprint density at radius 1 is 1.30 bits per heavy atom. The molecular formula is C18H20N2O3. The van der Waals surface area contributed by atoms with Crippen LogP contribution in [0.5, 0.6) is 0 Å². The minimum Gasteiger partial charge on any atom is -0.480 e. The first-order chi connectivity index (χ1) is 11.1. The van der Waals surface area contributed by atoms with Crippen LogP contribution in [0.1, 0.15) is 48.0 Å². The highest BCUT2D eigenvalue weighted by Crippen LogP contribution is 2.40. The lowest BCUT2D eigenvalue weighted by atomic mass is 9.84. The van der Waals surface area contributed by atoms with Crippen molar-refractivity contribution in [2.75, 3.05) is 0 Å². The standard InChI is InChI=1S/C18H20N2O3/c19-9-8-12-4-3-6-14(10-12)17(21)20-15-7-2-1-5-13(15)11-16(20)18(22)23/h3-4,6,10,13,15-16H,1-2,5,7-8,11H2,(H,22,23)/t13-,15+,16-/m0/s1. The molecule has 3 atom stereocenters. The number of fused-ring (bicyclic) bond motifs is 1. The number of carboxylic acids is 1. The number of rotatable bonds is 3. The molecule has 1 amide bonds. The molecule has 0 radical (unpaired) electrons. The number of benzene rings is 1. The van der Waals surface area contributed by atoms with Crippen LogP contribution in [-0.4, -0.2) is 34.0 Å². The van der Waals surface area contributed by atoms with Crippen molar-refractivity contribution in [3.63, 3.8) is 0 Å². The summed E-state index contributed by atoms with van der Waals surface area (Å²) >= 11 is 0. The van der Waals surface area contributed by atoms with Gasteiger partial charge in [-0.25, -0.2) is 4.79 Å². The molecule has 1 aromatic rings. The van der Waals surface area contributed by atoms with E-state index in [4.69, 9.17) is 5.26 Å². The van der Waals surface area contributed by atoms with Crippen LogP contribution in [0.2, 0.25) is 0 Å². The summed E-state index contributed by atoms with van der Waals surface area (Å²) in [7, 11) is 0. The first-order valence-corrected chi connectivity index (χ1v) is 8.13. The minimum absolute atomic E-state index is 0.0389. The van der Waals surface area contributed by atoms with E-state index in [1.165, 1.54) is 0 Å². The summed E-state index contributed by atoms with van der Waals surface area (Å²) in [6.45, 7) is 0.